The number of aromatic amines is 1. The van der Waals surface area contributed by atoms with Gasteiger partial charge in [0.1, 0.15) is 5.75 Å². The first-order chi connectivity index (χ1) is 14.9. The number of H-pyrrole nitrogens is 1. The maximum atomic E-state index is 11.4. The number of carbonyl (C=O) groups is 1. The Balaban J connectivity index is 1.60. The van der Waals surface area contributed by atoms with Crippen molar-refractivity contribution in [3.63, 3.8) is 0 Å². The van der Waals surface area contributed by atoms with Crippen LogP contribution in [0.5, 0.6) is 5.75 Å². The molecule has 31 heavy (non-hydrogen) atoms. The summed E-state index contributed by atoms with van der Waals surface area (Å²) in [5.41, 5.74) is 5.13. The molecule has 0 radical (unpaired) electrons. The van der Waals surface area contributed by atoms with Gasteiger partial charge in [0.15, 0.2) is 0 Å². The van der Waals surface area contributed by atoms with Crippen LogP contribution >= 0.6 is 0 Å². The van der Waals surface area contributed by atoms with E-state index >= 15 is 0 Å². The zero-order chi connectivity index (χ0) is 21.8. The van der Waals surface area contributed by atoms with Gasteiger partial charge in [-0.3, -0.25) is 4.90 Å². The predicted octanol–water partition coefficient (Wildman–Crippen LogP) is 5.47. The lowest BCUT2D eigenvalue weighted by molar-refractivity contribution is 0.0181. The topological polar surface area (TPSA) is 65.6 Å². The largest absolute Gasteiger partial charge is 0.496 e. The molecule has 2 saturated heterocycles. The number of ether oxygens (including phenoxy) is 1. The third-order valence-electron chi connectivity index (χ3n) is 7.57. The number of methoxy groups -OCH3 is 1. The molecule has 0 aliphatic carbocycles. The van der Waals surface area contributed by atoms with Crippen LogP contribution in [0.15, 0.2) is 42.6 Å². The molecule has 2 aliphatic heterocycles. The van der Waals surface area contributed by atoms with Gasteiger partial charge >= 0.3 is 5.97 Å². The Kier molecular flexibility index (Phi) is 4.82. The van der Waals surface area contributed by atoms with Crippen molar-refractivity contribution in [2.45, 2.75) is 57.7 Å². The van der Waals surface area contributed by atoms with E-state index in [0.29, 0.717) is 17.5 Å². The third-order valence-corrected chi connectivity index (χ3v) is 7.57. The fourth-order valence-electron chi connectivity index (χ4n) is 6.23. The first-order valence-corrected chi connectivity index (χ1v) is 11.2. The van der Waals surface area contributed by atoms with E-state index in [1.807, 2.05) is 18.3 Å². The fourth-order valence-corrected chi connectivity index (χ4v) is 6.23. The summed E-state index contributed by atoms with van der Waals surface area (Å²) in [6.07, 6.45) is 6.60. The van der Waals surface area contributed by atoms with E-state index in [2.05, 4.69) is 35.9 Å². The number of nitrogens with one attached hydrogen (secondary N) is 1. The number of aryl methyl sites for hydroxylation is 1. The molecule has 5 rings (SSSR count). The quantitative estimate of drug-likeness (QED) is 0.576. The molecule has 2 bridgehead atoms. The Morgan fingerprint density at radius 2 is 2.06 bits per heavy atom. The summed E-state index contributed by atoms with van der Waals surface area (Å²) in [4.78, 5) is 17.4. The molecule has 3 aromatic rings. The molecule has 2 fully saturated rings. The first-order valence-electron chi connectivity index (χ1n) is 11.2. The van der Waals surface area contributed by atoms with E-state index in [1.54, 1.807) is 19.2 Å². The average Bonchev–Trinajstić information content (AvgIpc) is 3.32. The number of rotatable bonds is 5. The van der Waals surface area contributed by atoms with Gasteiger partial charge in [-0.05, 0) is 73.9 Å². The smallest absolute Gasteiger partial charge is 0.335 e. The second-order valence-electron chi connectivity index (χ2n) is 9.42. The van der Waals surface area contributed by atoms with Crippen molar-refractivity contribution >= 4 is 16.9 Å². The van der Waals surface area contributed by atoms with Crippen molar-refractivity contribution < 1.29 is 14.6 Å². The summed E-state index contributed by atoms with van der Waals surface area (Å²) in [5, 5.41) is 10.6. The second-order valence-corrected chi connectivity index (χ2v) is 9.42. The van der Waals surface area contributed by atoms with Crippen molar-refractivity contribution in [3.05, 3.63) is 64.8 Å². The van der Waals surface area contributed by atoms with Crippen molar-refractivity contribution in [1.82, 2.24) is 9.88 Å². The van der Waals surface area contributed by atoms with Crippen LogP contribution in [0.25, 0.3) is 10.9 Å². The minimum absolute atomic E-state index is 0.0576. The van der Waals surface area contributed by atoms with E-state index in [1.165, 1.54) is 40.4 Å². The highest BCUT2D eigenvalue weighted by Crippen LogP contribution is 2.53. The molecular formula is C26H30N2O3. The molecule has 162 valence electrons. The summed E-state index contributed by atoms with van der Waals surface area (Å²) in [6.45, 7) is 5.30. The normalized spacial score (nSPS) is 25.8. The highest BCUT2D eigenvalue weighted by Gasteiger charge is 2.51. The van der Waals surface area contributed by atoms with Gasteiger partial charge in [-0.1, -0.05) is 19.1 Å². The molecule has 2 N–H and O–H groups in total. The summed E-state index contributed by atoms with van der Waals surface area (Å²) in [6, 6.07) is 12.4. The Morgan fingerprint density at radius 1 is 1.29 bits per heavy atom. The lowest BCUT2D eigenvalue weighted by Gasteiger charge is -2.48. The molecule has 0 amide bonds. The number of piperidine rings is 1. The molecule has 2 aliphatic rings. The van der Waals surface area contributed by atoms with Crippen molar-refractivity contribution in [1.29, 1.82) is 0 Å². The molecule has 3 heterocycles. The zero-order valence-corrected chi connectivity index (χ0v) is 18.4. The zero-order valence-electron chi connectivity index (χ0n) is 18.4. The van der Waals surface area contributed by atoms with E-state index in [9.17, 15) is 9.90 Å². The minimum atomic E-state index is -0.874. The van der Waals surface area contributed by atoms with Gasteiger partial charge < -0.3 is 14.8 Å². The molecule has 0 spiro atoms. The van der Waals surface area contributed by atoms with Gasteiger partial charge in [0.25, 0.3) is 0 Å². The average molecular weight is 419 g/mol. The van der Waals surface area contributed by atoms with Crippen LogP contribution in [-0.2, 0) is 12.1 Å². The van der Waals surface area contributed by atoms with Gasteiger partial charge in [0, 0.05) is 40.8 Å². The summed E-state index contributed by atoms with van der Waals surface area (Å²) >= 11 is 0. The number of aromatic nitrogens is 1. The molecular weight excluding hydrogens is 388 g/mol. The van der Waals surface area contributed by atoms with E-state index < -0.39 is 5.97 Å². The molecule has 2 aromatic carbocycles. The highest BCUT2D eigenvalue weighted by atomic mass is 16.5. The Bertz CT molecular complexity index is 1130. The molecule has 1 aromatic heterocycles. The van der Waals surface area contributed by atoms with Crippen LogP contribution in [-0.4, -0.2) is 34.1 Å². The van der Waals surface area contributed by atoms with Gasteiger partial charge in [0.2, 0.25) is 0 Å². The van der Waals surface area contributed by atoms with Crippen LogP contribution in [0.1, 0.15) is 59.7 Å². The number of fused-ring (bicyclic) bond motifs is 3. The number of hydrogen-bond acceptors (Lipinski definition) is 3. The Labute approximate surface area is 183 Å². The van der Waals surface area contributed by atoms with Crippen LogP contribution in [0.3, 0.4) is 0 Å². The van der Waals surface area contributed by atoms with Crippen molar-refractivity contribution in [3.8, 4) is 5.75 Å². The van der Waals surface area contributed by atoms with Crippen molar-refractivity contribution in [2.24, 2.45) is 5.92 Å². The Morgan fingerprint density at radius 3 is 2.77 bits per heavy atom. The fraction of sp³-hybridized carbons (Fsp3) is 0.423. The van der Waals surface area contributed by atoms with E-state index in [0.717, 1.165) is 25.1 Å². The lowest BCUT2D eigenvalue weighted by Crippen LogP contribution is -2.49. The van der Waals surface area contributed by atoms with Crippen LogP contribution in [0.2, 0.25) is 0 Å². The standard InChI is InChI=1S/C26H30N2O3/c1-16-12-20-8-10-26(14-16,19-6-4-18(5-7-19)25(29)30)28(20)15-22-21-9-11-27-24(21)17(2)13-23(22)31-3/h4-7,9,11,13,16,20,27H,8,10,12,14-15H2,1-3H3,(H,29,30)/t16-,20+,26?/m0/s1. The number of aromatic carboxylic acids is 1. The maximum absolute atomic E-state index is 11.4. The Hall–Kier alpha value is -2.79. The van der Waals surface area contributed by atoms with E-state index in [4.69, 9.17) is 4.74 Å². The predicted molar refractivity (Wildman–Crippen MR) is 122 cm³/mol. The number of nitrogens with zero attached hydrogens (tertiary/aromatic N) is 1. The summed E-state index contributed by atoms with van der Waals surface area (Å²) in [7, 11) is 1.75. The summed E-state index contributed by atoms with van der Waals surface area (Å²) < 4.78 is 5.83. The van der Waals surface area contributed by atoms with Crippen LogP contribution in [0.4, 0.5) is 0 Å². The monoisotopic (exact) mass is 418 g/mol. The van der Waals surface area contributed by atoms with Gasteiger partial charge in [0.05, 0.1) is 12.7 Å². The number of hydrogen-bond donors (Lipinski definition) is 2. The van der Waals surface area contributed by atoms with Crippen LogP contribution in [0, 0.1) is 12.8 Å². The number of carboxylic acids is 1. The molecule has 3 atom stereocenters. The minimum Gasteiger partial charge on any atom is -0.496 e. The van der Waals surface area contributed by atoms with Gasteiger partial charge in [-0.15, -0.1) is 0 Å². The lowest BCUT2D eigenvalue weighted by atomic mass is 9.77. The maximum Gasteiger partial charge on any atom is 0.335 e. The first kappa shape index (κ1) is 20.1. The van der Waals surface area contributed by atoms with E-state index in [-0.39, 0.29) is 5.54 Å². The third kappa shape index (κ3) is 3.14. The second kappa shape index (κ2) is 7.41. The number of carboxylic acid groups (broad SMARTS) is 1. The van der Waals surface area contributed by atoms with Crippen LogP contribution < -0.4 is 4.74 Å². The van der Waals surface area contributed by atoms with Crippen molar-refractivity contribution in [2.75, 3.05) is 7.11 Å². The molecule has 5 heteroatoms. The SMILES string of the molecule is COc1cc(C)c2[nH]ccc2c1CN1[C@@H]2CCC1(c1ccc(C(=O)O)cc1)C[C@@H](C)C2. The molecule has 5 nitrogen and oxygen atoms in total. The summed E-state index contributed by atoms with van der Waals surface area (Å²) in [5.74, 6) is 0.718. The molecule has 1 unspecified atom stereocenters. The number of benzene rings is 2. The highest BCUT2D eigenvalue weighted by molar-refractivity contribution is 5.88. The molecule has 0 saturated carbocycles. The van der Waals surface area contributed by atoms with Gasteiger partial charge in [-0.25, -0.2) is 4.79 Å². The van der Waals surface area contributed by atoms with Gasteiger partial charge in [-0.2, -0.15) is 0 Å².